The van der Waals surface area contributed by atoms with Gasteiger partial charge in [-0.1, -0.05) is 18.2 Å². The molecule has 5 aromatic rings. The Balaban J connectivity index is 0.709. The van der Waals surface area contributed by atoms with E-state index < -0.39 is 30.9 Å². The van der Waals surface area contributed by atoms with Crippen molar-refractivity contribution in [1.29, 1.82) is 0 Å². The van der Waals surface area contributed by atoms with E-state index in [1.54, 1.807) is 65.8 Å². The van der Waals surface area contributed by atoms with Gasteiger partial charge in [-0.15, -0.1) is 0 Å². The van der Waals surface area contributed by atoms with Crippen LogP contribution in [0, 0.1) is 0 Å². The van der Waals surface area contributed by atoms with E-state index in [1.165, 1.54) is 16.8 Å². The molecule has 1 fully saturated rings. The predicted octanol–water partition coefficient (Wildman–Crippen LogP) is 4.20. The van der Waals surface area contributed by atoms with Gasteiger partial charge in [0.1, 0.15) is 36.3 Å². The van der Waals surface area contributed by atoms with Gasteiger partial charge in [-0.05, 0) is 84.8 Å². The van der Waals surface area contributed by atoms with E-state index in [0.717, 1.165) is 55.3 Å². The number of para-hydroxylation sites is 2. The van der Waals surface area contributed by atoms with E-state index in [9.17, 15) is 24.0 Å². The summed E-state index contributed by atoms with van der Waals surface area (Å²) in [6.45, 7) is 6.64. The first-order valence-corrected chi connectivity index (χ1v) is 28.1. The minimum atomic E-state index is -0.540. The molecule has 3 N–H and O–H groups in total. The highest BCUT2D eigenvalue weighted by Crippen LogP contribution is 2.32. The number of likely N-dealkylation sites (N-methyl/N-ethyl adjacent to an activating group) is 2. The number of benzene rings is 4. The Hall–Kier alpha value is -8.13. The molecule has 0 spiro atoms. The molecule has 1 aliphatic rings. The van der Waals surface area contributed by atoms with Crippen LogP contribution in [0.1, 0.15) is 18.4 Å². The fourth-order valence-electron chi connectivity index (χ4n) is 8.64. The number of methoxy groups -OCH3 is 4. The minimum Gasteiger partial charge on any atom is -0.497 e. The molecule has 5 amide bonds. The zero-order valence-electron chi connectivity index (χ0n) is 49.6. The lowest BCUT2D eigenvalue weighted by atomic mass is 10.1. The quantitative estimate of drug-likeness (QED) is 0.0469. The summed E-state index contributed by atoms with van der Waals surface area (Å²) < 4.78 is 55.2. The van der Waals surface area contributed by atoms with Crippen LogP contribution >= 0.6 is 0 Å². The fourth-order valence-corrected chi connectivity index (χ4v) is 8.64. The third kappa shape index (κ3) is 23.1. The number of nitrogens with one attached hydrogen (secondary N) is 3. The predicted molar refractivity (Wildman–Crippen MR) is 318 cm³/mol. The Labute approximate surface area is 497 Å². The van der Waals surface area contributed by atoms with Gasteiger partial charge in [-0.25, -0.2) is 9.97 Å². The Kier molecular flexibility index (Phi) is 28.4. The van der Waals surface area contributed by atoms with Crippen LogP contribution in [-0.2, 0) is 54.2 Å². The summed E-state index contributed by atoms with van der Waals surface area (Å²) in [4.78, 5) is 79.8. The van der Waals surface area contributed by atoms with Gasteiger partial charge in [0.05, 0.1) is 112 Å². The third-order valence-electron chi connectivity index (χ3n) is 13.3. The van der Waals surface area contributed by atoms with Gasteiger partial charge in [-0.3, -0.25) is 28.9 Å². The van der Waals surface area contributed by atoms with Gasteiger partial charge in [0.15, 0.2) is 17.3 Å². The molecule has 24 heteroatoms. The van der Waals surface area contributed by atoms with E-state index in [0.29, 0.717) is 92.7 Å². The molecule has 1 saturated heterocycles. The van der Waals surface area contributed by atoms with Crippen LogP contribution in [0.2, 0.25) is 0 Å². The van der Waals surface area contributed by atoms with E-state index >= 15 is 0 Å². The Morgan fingerprint density at radius 1 is 0.529 bits per heavy atom. The molecule has 85 heavy (non-hydrogen) atoms. The number of hydrogen-bond donors (Lipinski definition) is 3. The summed E-state index contributed by atoms with van der Waals surface area (Å²) in [5.74, 6) is 2.22. The van der Waals surface area contributed by atoms with Crippen LogP contribution < -0.4 is 44.5 Å². The maximum atomic E-state index is 12.9. The number of carbonyl (C=O) groups excluding carboxylic acids is 5. The average molecular weight is 1180 g/mol. The number of piperazine rings is 1. The lowest BCUT2D eigenvalue weighted by molar-refractivity contribution is -0.139. The van der Waals surface area contributed by atoms with Crippen LogP contribution in [-0.4, -0.2) is 222 Å². The summed E-state index contributed by atoms with van der Waals surface area (Å²) in [5.41, 5.74) is 4.28. The molecule has 1 aromatic heterocycles. The first-order chi connectivity index (χ1) is 41.3. The standard InChI is InChI=1S/C61H81N9O15/c1-67(59(74)12-9-29-85-53-22-13-45(38-54(53)79-6)40-69-25-27-70(28-26-69)51-10-7-8-11-52(51)78-5)41-56(71)62-23-30-80-32-34-82-36-37-83-35-33-81-31-24-63-57(72)42-68(2)60(75)44-84-43-58(73)65-55-39-50(46-14-18-48(76-3)19-15-46)64-61(66-55)47-16-20-49(77-4)21-17-47/h7-8,10-11,13-22,38-39H,9,12,23-37,40-44H2,1-6H3,(H,62,71)(H,63,72)(H,64,65,66,73). The summed E-state index contributed by atoms with van der Waals surface area (Å²) in [7, 11) is 9.53. The molecule has 0 radical (unpaired) electrons. The lowest BCUT2D eigenvalue weighted by Gasteiger charge is -2.36. The highest BCUT2D eigenvalue weighted by atomic mass is 16.6. The van der Waals surface area contributed by atoms with Crippen molar-refractivity contribution in [2.75, 3.05) is 178 Å². The van der Waals surface area contributed by atoms with Crippen molar-refractivity contribution in [3.8, 4) is 51.4 Å². The van der Waals surface area contributed by atoms with Crippen LogP contribution in [0.3, 0.4) is 0 Å². The molecule has 24 nitrogen and oxygen atoms in total. The number of nitrogens with zero attached hydrogens (tertiary/aromatic N) is 6. The molecule has 0 atom stereocenters. The van der Waals surface area contributed by atoms with E-state index in [2.05, 4.69) is 36.8 Å². The number of carbonyl (C=O) groups is 5. The molecular formula is C61H81N9O15. The molecule has 460 valence electrons. The topological polar surface area (TPSA) is 252 Å². The number of hydrogen-bond acceptors (Lipinski definition) is 19. The molecule has 0 saturated carbocycles. The van der Waals surface area contributed by atoms with Crippen molar-refractivity contribution in [2.45, 2.75) is 19.4 Å². The zero-order chi connectivity index (χ0) is 60.6. The van der Waals surface area contributed by atoms with Gasteiger partial charge in [0.25, 0.3) is 5.91 Å². The highest BCUT2D eigenvalue weighted by Gasteiger charge is 2.21. The van der Waals surface area contributed by atoms with Gasteiger partial charge in [-0.2, -0.15) is 0 Å². The largest absolute Gasteiger partial charge is 0.497 e. The second kappa shape index (κ2) is 36.5. The molecule has 0 unspecified atom stereocenters. The number of amides is 5. The smallest absolute Gasteiger partial charge is 0.251 e. The number of ether oxygens (including phenoxy) is 10. The zero-order valence-corrected chi connectivity index (χ0v) is 49.6. The Morgan fingerprint density at radius 2 is 1.09 bits per heavy atom. The first kappa shape index (κ1) is 66.0. The average Bonchev–Trinajstić information content (AvgIpc) is 3.72. The monoisotopic (exact) mass is 1180 g/mol. The van der Waals surface area contributed by atoms with Gasteiger partial charge >= 0.3 is 0 Å². The molecule has 0 aliphatic carbocycles. The summed E-state index contributed by atoms with van der Waals surface area (Å²) >= 11 is 0. The van der Waals surface area contributed by atoms with Crippen LogP contribution in [0.25, 0.3) is 22.6 Å². The van der Waals surface area contributed by atoms with Gasteiger partial charge < -0.3 is 78.0 Å². The Morgan fingerprint density at radius 3 is 1.68 bits per heavy atom. The minimum absolute atomic E-state index is 0.0711. The van der Waals surface area contributed by atoms with Crippen molar-refractivity contribution >= 4 is 41.0 Å². The number of aromatic nitrogens is 2. The second-order valence-electron chi connectivity index (χ2n) is 19.5. The lowest BCUT2D eigenvalue weighted by Crippen LogP contribution is -2.46. The van der Waals surface area contributed by atoms with E-state index in [4.69, 9.17) is 52.4 Å². The van der Waals surface area contributed by atoms with Crippen molar-refractivity contribution < 1.29 is 71.3 Å². The van der Waals surface area contributed by atoms with Crippen molar-refractivity contribution in [2.24, 2.45) is 0 Å². The maximum Gasteiger partial charge on any atom is 0.251 e. The summed E-state index contributed by atoms with van der Waals surface area (Å²) in [5, 5.41) is 8.18. The van der Waals surface area contributed by atoms with Crippen LogP contribution in [0.4, 0.5) is 11.5 Å². The van der Waals surface area contributed by atoms with E-state index in [1.807, 2.05) is 60.7 Å². The normalized spacial score (nSPS) is 12.2. The van der Waals surface area contributed by atoms with Gasteiger partial charge in [0.2, 0.25) is 23.6 Å². The summed E-state index contributed by atoms with van der Waals surface area (Å²) in [6, 6.07) is 30.2. The SMILES string of the molecule is COc1ccc(-c2cc(NC(=O)COCC(=O)N(C)CC(=O)NCCOCCOCCOCCOCCNC(=O)CN(C)C(=O)CCCOc3ccc(CN4CCN(c5ccccc5OC)CC4)cc3OC)nc(-c3ccc(OC)cc3)n2)cc1. The van der Waals surface area contributed by atoms with Crippen molar-refractivity contribution in [3.63, 3.8) is 0 Å². The van der Waals surface area contributed by atoms with Crippen molar-refractivity contribution in [1.82, 2.24) is 35.3 Å². The number of rotatable bonds is 38. The van der Waals surface area contributed by atoms with E-state index in [-0.39, 0.29) is 63.4 Å². The second-order valence-corrected chi connectivity index (χ2v) is 19.5. The molecule has 0 bridgehead atoms. The molecule has 4 aromatic carbocycles. The molecular weight excluding hydrogens is 1100 g/mol. The first-order valence-electron chi connectivity index (χ1n) is 28.1. The third-order valence-corrected chi connectivity index (χ3v) is 13.3. The summed E-state index contributed by atoms with van der Waals surface area (Å²) in [6.07, 6.45) is 0.702. The Bertz CT molecular complexity index is 2790. The maximum absolute atomic E-state index is 12.9. The van der Waals surface area contributed by atoms with Crippen molar-refractivity contribution in [3.05, 3.63) is 103 Å². The number of anilines is 2. The molecule has 6 rings (SSSR count). The van der Waals surface area contributed by atoms with Crippen LogP contribution in [0.5, 0.6) is 28.7 Å². The highest BCUT2D eigenvalue weighted by molar-refractivity contribution is 5.92. The molecule has 2 heterocycles. The molecule has 1 aliphatic heterocycles. The fraction of sp³-hybridized carbons (Fsp3) is 0.459. The van der Waals surface area contributed by atoms with Gasteiger partial charge in [0, 0.05) is 83.5 Å². The van der Waals surface area contributed by atoms with Crippen LogP contribution in [0.15, 0.2) is 97.1 Å².